The van der Waals surface area contributed by atoms with E-state index in [9.17, 15) is 0 Å². The molecule has 4 heteroatoms. The van der Waals surface area contributed by atoms with Gasteiger partial charge in [-0.05, 0) is 33.0 Å². The highest BCUT2D eigenvalue weighted by Crippen LogP contribution is 2.28. The quantitative estimate of drug-likeness (QED) is 0.742. The highest BCUT2D eigenvalue weighted by atomic mass is 79.9. The topological polar surface area (TPSA) is 51.8 Å². The van der Waals surface area contributed by atoms with Crippen molar-refractivity contribution in [2.24, 2.45) is 0 Å². The van der Waals surface area contributed by atoms with Gasteiger partial charge in [0.1, 0.15) is 10.4 Å². The van der Waals surface area contributed by atoms with Crippen molar-refractivity contribution in [1.82, 2.24) is 10.2 Å². The molecule has 1 aromatic rings. The number of nitrogen functional groups attached to an aromatic ring is 1. The number of hydrogen-bond acceptors (Lipinski definition) is 3. The van der Waals surface area contributed by atoms with E-state index < -0.39 is 0 Å². The Hall–Kier alpha value is -0.640. The van der Waals surface area contributed by atoms with Gasteiger partial charge in [0.15, 0.2) is 0 Å². The van der Waals surface area contributed by atoms with E-state index in [4.69, 9.17) is 5.73 Å². The maximum atomic E-state index is 5.53. The largest absolute Gasteiger partial charge is 0.382 e. The van der Waals surface area contributed by atoms with Crippen molar-refractivity contribution >= 4 is 21.7 Å². The minimum atomic E-state index is 0.0445. The Morgan fingerprint density at radius 3 is 2.33 bits per heavy atom. The smallest absolute Gasteiger partial charge is 0.146 e. The number of nitrogens with two attached hydrogens (primary N) is 1. The van der Waals surface area contributed by atoms with E-state index in [0.29, 0.717) is 5.82 Å². The summed E-state index contributed by atoms with van der Waals surface area (Å²) in [6, 6.07) is 1.84. The van der Waals surface area contributed by atoms with Gasteiger partial charge in [-0.25, -0.2) is 0 Å². The second kappa shape index (κ2) is 3.01. The highest BCUT2D eigenvalue weighted by molar-refractivity contribution is 9.10. The molecule has 1 heterocycles. The van der Waals surface area contributed by atoms with Crippen LogP contribution in [0.25, 0.3) is 0 Å². The molecule has 0 bridgehead atoms. The Morgan fingerprint density at radius 2 is 1.92 bits per heavy atom. The zero-order valence-corrected chi connectivity index (χ0v) is 9.01. The second-order valence-electron chi connectivity index (χ2n) is 3.72. The van der Waals surface area contributed by atoms with E-state index in [0.717, 1.165) is 10.2 Å². The van der Waals surface area contributed by atoms with Gasteiger partial charge in [0.2, 0.25) is 0 Å². The third-order valence-corrected chi connectivity index (χ3v) is 2.16. The summed E-state index contributed by atoms with van der Waals surface area (Å²) < 4.78 is 0.768. The van der Waals surface area contributed by atoms with Crippen LogP contribution in [0.15, 0.2) is 10.7 Å². The Morgan fingerprint density at radius 1 is 1.33 bits per heavy atom. The van der Waals surface area contributed by atoms with Crippen LogP contribution in [-0.2, 0) is 5.41 Å². The Labute approximate surface area is 80.5 Å². The molecule has 1 rings (SSSR count). The van der Waals surface area contributed by atoms with Gasteiger partial charge >= 0.3 is 0 Å². The van der Waals surface area contributed by atoms with Crippen molar-refractivity contribution in [2.45, 2.75) is 26.2 Å². The summed E-state index contributed by atoms with van der Waals surface area (Å²) in [4.78, 5) is 0. The number of rotatable bonds is 0. The predicted octanol–water partition coefficient (Wildman–Crippen LogP) is 2.12. The maximum absolute atomic E-state index is 5.53. The first-order valence-corrected chi connectivity index (χ1v) is 4.50. The number of halogens is 1. The van der Waals surface area contributed by atoms with E-state index in [1.807, 2.05) is 6.07 Å². The average molecular weight is 230 g/mol. The molecule has 0 unspecified atom stereocenters. The summed E-state index contributed by atoms with van der Waals surface area (Å²) in [7, 11) is 0. The van der Waals surface area contributed by atoms with Gasteiger partial charge in [0, 0.05) is 0 Å². The fraction of sp³-hybridized carbons (Fsp3) is 0.500. The van der Waals surface area contributed by atoms with Crippen LogP contribution in [0, 0.1) is 0 Å². The fourth-order valence-corrected chi connectivity index (χ4v) is 1.71. The lowest BCUT2D eigenvalue weighted by atomic mass is 9.89. The normalized spacial score (nSPS) is 11.7. The zero-order valence-electron chi connectivity index (χ0n) is 7.43. The summed E-state index contributed by atoms with van der Waals surface area (Å²) in [6.07, 6.45) is 0. The molecule has 0 aliphatic rings. The van der Waals surface area contributed by atoms with Crippen LogP contribution in [0.1, 0.15) is 26.3 Å². The van der Waals surface area contributed by atoms with Gasteiger partial charge in [-0.3, -0.25) is 0 Å². The molecule has 0 saturated heterocycles. The molecule has 0 aliphatic heterocycles. The highest BCUT2D eigenvalue weighted by Gasteiger charge is 2.18. The molecule has 0 amide bonds. The standard InChI is InChI=1S/C8H12BrN3/c1-8(2,3)5-4-6(10)11-12-7(5)9/h4H,1-3H3,(H2,10,11). The van der Waals surface area contributed by atoms with Gasteiger partial charge in [-0.1, -0.05) is 20.8 Å². The molecule has 0 saturated carbocycles. The molecule has 0 fully saturated rings. The molecule has 0 atom stereocenters. The van der Waals surface area contributed by atoms with Crippen LogP contribution in [0.4, 0.5) is 5.82 Å². The monoisotopic (exact) mass is 229 g/mol. The zero-order chi connectivity index (χ0) is 9.35. The SMILES string of the molecule is CC(C)(C)c1cc(N)nnc1Br. The third kappa shape index (κ3) is 1.94. The van der Waals surface area contributed by atoms with Crippen LogP contribution in [-0.4, -0.2) is 10.2 Å². The van der Waals surface area contributed by atoms with Crippen LogP contribution in [0.3, 0.4) is 0 Å². The van der Waals surface area contributed by atoms with Gasteiger partial charge in [-0.2, -0.15) is 0 Å². The van der Waals surface area contributed by atoms with E-state index in [1.54, 1.807) is 0 Å². The Balaban J connectivity index is 3.23. The molecule has 66 valence electrons. The molecule has 2 N–H and O–H groups in total. The summed E-state index contributed by atoms with van der Waals surface area (Å²) in [5.74, 6) is 0.461. The molecular formula is C8H12BrN3. The van der Waals surface area contributed by atoms with Crippen LogP contribution >= 0.6 is 15.9 Å². The first kappa shape index (κ1) is 9.45. The van der Waals surface area contributed by atoms with Gasteiger partial charge < -0.3 is 5.73 Å². The van der Waals surface area contributed by atoms with Crippen molar-refractivity contribution in [3.05, 3.63) is 16.2 Å². The van der Waals surface area contributed by atoms with Crippen LogP contribution in [0.5, 0.6) is 0 Å². The molecule has 0 radical (unpaired) electrons. The molecule has 1 aromatic heterocycles. The average Bonchev–Trinajstić information content (AvgIpc) is 1.92. The molecule has 3 nitrogen and oxygen atoms in total. The van der Waals surface area contributed by atoms with Crippen molar-refractivity contribution in [1.29, 1.82) is 0 Å². The minimum Gasteiger partial charge on any atom is -0.382 e. The third-order valence-electron chi connectivity index (χ3n) is 1.58. The number of aromatic nitrogens is 2. The molecule has 0 aromatic carbocycles. The van der Waals surface area contributed by atoms with Gasteiger partial charge in [0.05, 0.1) is 0 Å². The predicted molar refractivity (Wildman–Crippen MR) is 52.8 cm³/mol. The summed E-state index contributed by atoms with van der Waals surface area (Å²) in [6.45, 7) is 6.32. The Bertz CT molecular complexity index is 291. The lowest BCUT2D eigenvalue weighted by Crippen LogP contribution is -2.14. The van der Waals surface area contributed by atoms with Crippen LogP contribution < -0.4 is 5.73 Å². The first-order valence-electron chi connectivity index (χ1n) is 3.70. The summed E-state index contributed by atoms with van der Waals surface area (Å²) >= 11 is 3.34. The molecule has 0 aliphatic carbocycles. The van der Waals surface area contributed by atoms with Crippen LogP contribution in [0.2, 0.25) is 0 Å². The number of hydrogen-bond donors (Lipinski definition) is 1. The van der Waals surface area contributed by atoms with E-state index in [1.165, 1.54) is 0 Å². The summed E-state index contributed by atoms with van der Waals surface area (Å²) in [5, 5.41) is 7.62. The molecular weight excluding hydrogens is 218 g/mol. The van der Waals surface area contributed by atoms with Crippen molar-refractivity contribution in [3.63, 3.8) is 0 Å². The van der Waals surface area contributed by atoms with Crippen molar-refractivity contribution in [3.8, 4) is 0 Å². The summed E-state index contributed by atoms with van der Waals surface area (Å²) in [5.41, 5.74) is 6.65. The number of nitrogens with zero attached hydrogens (tertiary/aromatic N) is 2. The van der Waals surface area contributed by atoms with Gasteiger partial charge in [-0.15, -0.1) is 10.2 Å². The Kier molecular flexibility index (Phi) is 2.37. The maximum Gasteiger partial charge on any atom is 0.146 e. The lowest BCUT2D eigenvalue weighted by molar-refractivity contribution is 0.581. The molecule has 0 spiro atoms. The van der Waals surface area contributed by atoms with E-state index in [-0.39, 0.29) is 5.41 Å². The first-order chi connectivity index (χ1) is 5.41. The van der Waals surface area contributed by atoms with Gasteiger partial charge in [0.25, 0.3) is 0 Å². The van der Waals surface area contributed by atoms with Crippen molar-refractivity contribution < 1.29 is 0 Å². The minimum absolute atomic E-state index is 0.0445. The van der Waals surface area contributed by atoms with E-state index in [2.05, 4.69) is 46.9 Å². The van der Waals surface area contributed by atoms with Crippen molar-refractivity contribution in [2.75, 3.05) is 5.73 Å². The molecule has 12 heavy (non-hydrogen) atoms. The number of anilines is 1. The van der Waals surface area contributed by atoms with E-state index >= 15 is 0 Å². The lowest BCUT2D eigenvalue weighted by Gasteiger charge is -2.19. The second-order valence-corrected chi connectivity index (χ2v) is 4.47. The fourth-order valence-electron chi connectivity index (χ4n) is 0.918.